The molecule has 2 rings (SSSR count). The SMILES string of the molecule is N[C@H](CSCc1noc(C2CC2)n1)C(=O)O. The number of aromatic nitrogens is 2. The molecule has 0 saturated heterocycles. The summed E-state index contributed by atoms with van der Waals surface area (Å²) < 4.78 is 5.07. The molecule has 6 nitrogen and oxygen atoms in total. The number of carboxylic acid groups (broad SMARTS) is 1. The highest BCUT2D eigenvalue weighted by molar-refractivity contribution is 7.98. The fraction of sp³-hybridized carbons (Fsp3) is 0.667. The Morgan fingerprint density at radius 2 is 2.44 bits per heavy atom. The first-order valence-electron chi connectivity index (χ1n) is 5.05. The van der Waals surface area contributed by atoms with Gasteiger partial charge in [0.15, 0.2) is 5.82 Å². The van der Waals surface area contributed by atoms with Crippen LogP contribution >= 0.6 is 11.8 Å². The van der Waals surface area contributed by atoms with Crippen molar-refractivity contribution in [1.82, 2.24) is 10.1 Å². The van der Waals surface area contributed by atoms with Crippen LogP contribution in [0.5, 0.6) is 0 Å². The molecule has 7 heteroatoms. The Morgan fingerprint density at radius 3 is 3.06 bits per heavy atom. The monoisotopic (exact) mass is 243 g/mol. The highest BCUT2D eigenvalue weighted by Gasteiger charge is 2.29. The van der Waals surface area contributed by atoms with Crippen molar-refractivity contribution in [3.8, 4) is 0 Å². The van der Waals surface area contributed by atoms with Gasteiger partial charge < -0.3 is 15.4 Å². The van der Waals surface area contributed by atoms with Gasteiger partial charge in [-0.25, -0.2) is 0 Å². The summed E-state index contributed by atoms with van der Waals surface area (Å²) >= 11 is 1.40. The van der Waals surface area contributed by atoms with E-state index in [2.05, 4.69) is 10.1 Å². The summed E-state index contributed by atoms with van der Waals surface area (Å²) in [7, 11) is 0. The lowest BCUT2D eigenvalue weighted by Gasteiger charge is -2.03. The maximum Gasteiger partial charge on any atom is 0.321 e. The average molecular weight is 243 g/mol. The number of nitrogens with zero attached hydrogens (tertiary/aromatic N) is 2. The molecule has 1 atom stereocenters. The van der Waals surface area contributed by atoms with Crippen LogP contribution in [0.4, 0.5) is 0 Å². The highest BCUT2D eigenvalue weighted by atomic mass is 32.2. The number of carbonyl (C=O) groups is 1. The molecule has 0 spiro atoms. The second-order valence-electron chi connectivity index (χ2n) is 3.78. The van der Waals surface area contributed by atoms with Crippen molar-refractivity contribution in [2.24, 2.45) is 5.73 Å². The first kappa shape index (κ1) is 11.4. The van der Waals surface area contributed by atoms with Gasteiger partial charge in [-0.2, -0.15) is 16.7 Å². The van der Waals surface area contributed by atoms with E-state index in [4.69, 9.17) is 15.4 Å². The Bertz CT molecular complexity index is 378. The van der Waals surface area contributed by atoms with E-state index in [1.807, 2.05) is 0 Å². The summed E-state index contributed by atoms with van der Waals surface area (Å²) in [6, 6.07) is -0.834. The highest BCUT2D eigenvalue weighted by Crippen LogP contribution is 2.38. The Kier molecular flexibility index (Phi) is 3.45. The molecule has 1 aromatic rings. The van der Waals surface area contributed by atoms with E-state index in [1.54, 1.807) is 0 Å². The second-order valence-corrected chi connectivity index (χ2v) is 4.81. The van der Waals surface area contributed by atoms with Gasteiger partial charge in [0, 0.05) is 11.7 Å². The first-order valence-corrected chi connectivity index (χ1v) is 6.21. The quantitative estimate of drug-likeness (QED) is 0.753. The van der Waals surface area contributed by atoms with Crippen LogP contribution in [-0.4, -0.2) is 33.0 Å². The average Bonchev–Trinajstić information content (AvgIpc) is 2.99. The zero-order valence-corrected chi connectivity index (χ0v) is 9.44. The molecule has 16 heavy (non-hydrogen) atoms. The standard InChI is InChI=1S/C9H13N3O3S/c10-6(9(13)14)3-16-4-7-11-8(15-12-7)5-1-2-5/h5-6H,1-4,10H2,(H,13,14)/t6-/m1/s1. The second kappa shape index (κ2) is 4.84. The molecule has 1 aliphatic carbocycles. The maximum absolute atomic E-state index is 10.5. The van der Waals surface area contributed by atoms with Gasteiger partial charge in [0.05, 0.1) is 5.75 Å². The number of hydrogen-bond donors (Lipinski definition) is 2. The molecule has 1 fully saturated rings. The molecule has 1 saturated carbocycles. The van der Waals surface area contributed by atoms with Crippen molar-refractivity contribution in [2.75, 3.05) is 5.75 Å². The lowest BCUT2D eigenvalue weighted by Crippen LogP contribution is -2.32. The molecule has 0 aromatic carbocycles. The largest absolute Gasteiger partial charge is 0.480 e. The molecule has 88 valence electrons. The van der Waals surface area contributed by atoms with Gasteiger partial charge >= 0.3 is 5.97 Å². The van der Waals surface area contributed by atoms with Gasteiger partial charge in [-0.15, -0.1) is 0 Å². The first-order chi connectivity index (χ1) is 7.66. The van der Waals surface area contributed by atoms with E-state index in [1.165, 1.54) is 11.8 Å². The van der Waals surface area contributed by atoms with Crippen LogP contribution in [0.1, 0.15) is 30.5 Å². The molecule has 3 N–H and O–H groups in total. The van der Waals surface area contributed by atoms with Crippen LogP contribution in [0.2, 0.25) is 0 Å². The number of carboxylic acids is 1. The molecule has 0 aliphatic heterocycles. The molecule has 1 aromatic heterocycles. The van der Waals surface area contributed by atoms with Gasteiger partial charge in [0.25, 0.3) is 0 Å². The van der Waals surface area contributed by atoms with E-state index in [0.717, 1.165) is 12.8 Å². The molecule has 1 heterocycles. The molecule has 0 unspecified atom stereocenters. The molecule has 0 bridgehead atoms. The van der Waals surface area contributed by atoms with E-state index in [9.17, 15) is 4.79 Å². The van der Waals surface area contributed by atoms with E-state index in [-0.39, 0.29) is 0 Å². The fourth-order valence-corrected chi connectivity index (χ4v) is 1.98. The van der Waals surface area contributed by atoms with Crippen LogP contribution in [0.25, 0.3) is 0 Å². The third kappa shape index (κ3) is 2.96. The minimum atomic E-state index is -0.987. The normalized spacial score (nSPS) is 17.3. The van der Waals surface area contributed by atoms with Gasteiger partial charge in [0.2, 0.25) is 5.89 Å². The summed E-state index contributed by atoms with van der Waals surface area (Å²) in [4.78, 5) is 14.7. The Hall–Kier alpha value is -1.08. The summed E-state index contributed by atoms with van der Waals surface area (Å²) in [5.41, 5.74) is 5.36. The summed E-state index contributed by atoms with van der Waals surface area (Å²) in [6.07, 6.45) is 2.25. The molecular formula is C9H13N3O3S. The van der Waals surface area contributed by atoms with Crippen molar-refractivity contribution >= 4 is 17.7 Å². The number of thioether (sulfide) groups is 1. The molecular weight excluding hydrogens is 230 g/mol. The molecule has 1 aliphatic rings. The van der Waals surface area contributed by atoms with Crippen LogP contribution in [0.3, 0.4) is 0 Å². The smallest absolute Gasteiger partial charge is 0.321 e. The summed E-state index contributed by atoms with van der Waals surface area (Å²) in [5, 5.41) is 12.4. The number of aliphatic carboxylic acids is 1. The van der Waals surface area contributed by atoms with Crippen molar-refractivity contribution in [2.45, 2.75) is 30.6 Å². The van der Waals surface area contributed by atoms with E-state index >= 15 is 0 Å². The van der Waals surface area contributed by atoms with Gasteiger partial charge in [-0.3, -0.25) is 4.79 Å². The third-order valence-electron chi connectivity index (χ3n) is 2.26. The molecule has 0 amide bonds. The summed E-state index contributed by atoms with van der Waals surface area (Å²) in [6.45, 7) is 0. The Balaban J connectivity index is 1.74. The number of nitrogens with two attached hydrogens (primary N) is 1. The lowest BCUT2D eigenvalue weighted by atomic mass is 10.4. The minimum Gasteiger partial charge on any atom is -0.480 e. The summed E-state index contributed by atoms with van der Waals surface area (Å²) in [5.74, 6) is 1.68. The van der Waals surface area contributed by atoms with Crippen molar-refractivity contribution in [1.29, 1.82) is 0 Å². The maximum atomic E-state index is 10.5. The predicted octanol–water partition coefficient (Wildman–Crippen LogP) is 0.592. The Labute approximate surface area is 96.6 Å². The van der Waals surface area contributed by atoms with Gasteiger partial charge in [-0.1, -0.05) is 5.16 Å². The van der Waals surface area contributed by atoms with Gasteiger partial charge in [-0.05, 0) is 12.8 Å². The van der Waals surface area contributed by atoms with Crippen LogP contribution in [0.15, 0.2) is 4.52 Å². The predicted molar refractivity (Wildman–Crippen MR) is 58.0 cm³/mol. The van der Waals surface area contributed by atoms with Crippen molar-refractivity contribution in [3.05, 3.63) is 11.7 Å². The van der Waals surface area contributed by atoms with E-state index in [0.29, 0.717) is 29.1 Å². The lowest BCUT2D eigenvalue weighted by molar-refractivity contribution is -0.137. The van der Waals surface area contributed by atoms with Crippen LogP contribution in [0, 0.1) is 0 Å². The number of rotatable bonds is 6. The van der Waals surface area contributed by atoms with Crippen LogP contribution < -0.4 is 5.73 Å². The third-order valence-corrected chi connectivity index (χ3v) is 3.31. The Morgan fingerprint density at radius 1 is 1.69 bits per heavy atom. The van der Waals surface area contributed by atoms with Crippen molar-refractivity contribution in [3.63, 3.8) is 0 Å². The topological polar surface area (TPSA) is 102 Å². The zero-order chi connectivity index (χ0) is 11.5. The van der Waals surface area contributed by atoms with Gasteiger partial charge in [0.1, 0.15) is 6.04 Å². The zero-order valence-electron chi connectivity index (χ0n) is 8.63. The van der Waals surface area contributed by atoms with E-state index < -0.39 is 12.0 Å². The number of hydrogen-bond acceptors (Lipinski definition) is 6. The molecule has 0 radical (unpaired) electrons. The van der Waals surface area contributed by atoms with Crippen LogP contribution in [-0.2, 0) is 10.5 Å². The van der Waals surface area contributed by atoms with Crippen molar-refractivity contribution < 1.29 is 14.4 Å². The minimum absolute atomic E-state index is 0.350. The fourth-order valence-electron chi connectivity index (χ4n) is 1.17.